The summed E-state index contributed by atoms with van der Waals surface area (Å²) in [6.07, 6.45) is 4.25. The molecule has 0 aromatic heterocycles. The predicted octanol–water partition coefficient (Wildman–Crippen LogP) is 3.72. The van der Waals surface area contributed by atoms with Gasteiger partial charge >= 0.3 is 0 Å². The van der Waals surface area contributed by atoms with E-state index in [1.807, 2.05) is 0 Å². The van der Waals surface area contributed by atoms with E-state index in [1.165, 1.54) is 52.0 Å². The molecule has 0 aliphatic carbocycles. The van der Waals surface area contributed by atoms with Crippen LogP contribution in [0.4, 0.5) is 0 Å². The molecular formula is C18H36N2. The highest BCUT2D eigenvalue weighted by molar-refractivity contribution is 4.86. The van der Waals surface area contributed by atoms with E-state index in [2.05, 4.69) is 44.4 Å². The third-order valence-corrected chi connectivity index (χ3v) is 6.10. The van der Waals surface area contributed by atoms with Gasteiger partial charge in [0.15, 0.2) is 0 Å². The van der Waals surface area contributed by atoms with E-state index in [0.29, 0.717) is 0 Å². The van der Waals surface area contributed by atoms with Crippen LogP contribution in [0, 0.1) is 23.7 Å². The summed E-state index contributed by atoms with van der Waals surface area (Å²) in [7, 11) is 0. The van der Waals surface area contributed by atoms with Gasteiger partial charge in [-0.15, -0.1) is 0 Å². The molecule has 0 radical (unpaired) electrons. The lowest BCUT2D eigenvalue weighted by molar-refractivity contribution is 0.0283. The molecule has 2 rings (SSSR count). The molecule has 2 aliphatic heterocycles. The quantitative estimate of drug-likeness (QED) is 0.701. The predicted molar refractivity (Wildman–Crippen MR) is 88.0 cm³/mol. The van der Waals surface area contributed by atoms with Crippen LogP contribution in [-0.4, -0.2) is 48.6 Å². The molecule has 0 bridgehead atoms. The van der Waals surface area contributed by atoms with Crippen molar-refractivity contribution in [2.24, 2.45) is 23.7 Å². The van der Waals surface area contributed by atoms with E-state index >= 15 is 0 Å². The second-order valence-corrected chi connectivity index (χ2v) is 7.80. The van der Waals surface area contributed by atoms with Crippen molar-refractivity contribution in [1.29, 1.82) is 0 Å². The molecule has 2 nitrogen and oxygen atoms in total. The second kappa shape index (κ2) is 7.26. The number of hydrogen-bond acceptors (Lipinski definition) is 2. The molecule has 2 heteroatoms. The van der Waals surface area contributed by atoms with Crippen LogP contribution in [0.3, 0.4) is 0 Å². The van der Waals surface area contributed by atoms with Crippen molar-refractivity contribution in [3.8, 4) is 0 Å². The minimum atomic E-state index is 0.802. The molecule has 0 amide bonds. The van der Waals surface area contributed by atoms with Crippen molar-refractivity contribution in [2.45, 2.75) is 59.9 Å². The fraction of sp³-hybridized carbons (Fsp3) is 1.00. The fourth-order valence-electron chi connectivity index (χ4n) is 3.87. The van der Waals surface area contributed by atoms with E-state index in [4.69, 9.17) is 0 Å². The Morgan fingerprint density at radius 1 is 0.950 bits per heavy atom. The zero-order chi connectivity index (χ0) is 14.7. The second-order valence-electron chi connectivity index (χ2n) is 7.80. The molecule has 0 N–H and O–H groups in total. The third kappa shape index (κ3) is 3.98. The van der Waals surface area contributed by atoms with Gasteiger partial charge < -0.3 is 4.90 Å². The number of likely N-dealkylation sites (tertiary alicyclic amines) is 2. The lowest BCUT2D eigenvalue weighted by Crippen LogP contribution is -2.52. The Hall–Kier alpha value is -0.0800. The zero-order valence-electron chi connectivity index (χ0n) is 14.4. The van der Waals surface area contributed by atoms with Gasteiger partial charge in [0, 0.05) is 25.7 Å². The summed E-state index contributed by atoms with van der Waals surface area (Å²) in [6, 6.07) is 0.802. The van der Waals surface area contributed by atoms with E-state index in [0.717, 1.165) is 29.7 Å². The third-order valence-electron chi connectivity index (χ3n) is 6.10. The SMILES string of the molecule is CCN1CCC(C(C)CCC(C)N2CC(C(C)C)C2)C1. The number of rotatable bonds is 7. The minimum absolute atomic E-state index is 0.802. The molecule has 3 atom stereocenters. The lowest BCUT2D eigenvalue weighted by Gasteiger charge is -2.45. The zero-order valence-corrected chi connectivity index (χ0v) is 14.4. The normalized spacial score (nSPS) is 28.8. The summed E-state index contributed by atoms with van der Waals surface area (Å²) in [5.74, 6) is 3.71. The van der Waals surface area contributed by atoms with Gasteiger partial charge in [0.05, 0.1) is 0 Å². The largest absolute Gasteiger partial charge is 0.303 e. The average molecular weight is 281 g/mol. The molecule has 2 heterocycles. The molecule has 118 valence electrons. The van der Waals surface area contributed by atoms with Crippen molar-refractivity contribution in [3.63, 3.8) is 0 Å². The molecule has 20 heavy (non-hydrogen) atoms. The van der Waals surface area contributed by atoms with Crippen LogP contribution in [0.15, 0.2) is 0 Å². The Kier molecular flexibility index (Phi) is 5.92. The van der Waals surface area contributed by atoms with Gasteiger partial charge in [-0.3, -0.25) is 4.90 Å². The first-order chi connectivity index (χ1) is 9.51. The van der Waals surface area contributed by atoms with Gasteiger partial charge in [-0.05, 0) is 62.9 Å². The average Bonchev–Trinajstić information content (AvgIpc) is 2.82. The smallest absolute Gasteiger partial charge is 0.00672 e. The Morgan fingerprint density at radius 2 is 1.65 bits per heavy atom. The molecule has 2 aliphatic rings. The van der Waals surface area contributed by atoms with Gasteiger partial charge in [-0.1, -0.05) is 27.7 Å². The monoisotopic (exact) mass is 280 g/mol. The molecular weight excluding hydrogens is 244 g/mol. The van der Waals surface area contributed by atoms with Gasteiger partial charge in [-0.25, -0.2) is 0 Å². The van der Waals surface area contributed by atoms with Crippen LogP contribution in [0.25, 0.3) is 0 Å². The van der Waals surface area contributed by atoms with Crippen molar-refractivity contribution in [3.05, 3.63) is 0 Å². The Labute approximate surface area is 126 Å². The molecule has 2 fully saturated rings. The maximum Gasteiger partial charge on any atom is 0.00672 e. The molecule has 0 saturated carbocycles. The van der Waals surface area contributed by atoms with E-state index in [9.17, 15) is 0 Å². The standard InChI is InChI=1S/C18H36N2/c1-6-19-10-9-17(11-19)15(4)7-8-16(5)20-12-18(13-20)14(2)3/h14-18H,6-13H2,1-5H3. The van der Waals surface area contributed by atoms with Crippen molar-refractivity contribution in [1.82, 2.24) is 9.80 Å². The molecule has 0 spiro atoms. The summed E-state index contributed by atoms with van der Waals surface area (Å²) < 4.78 is 0. The first kappa shape index (κ1) is 16.3. The van der Waals surface area contributed by atoms with Crippen LogP contribution >= 0.6 is 0 Å². The highest BCUT2D eigenvalue weighted by Gasteiger charge is 2.32. The highest BCUT2D eigenvalue weighted by atomic mass is 15.2. The topological polar surface area (TPSA) is 6.48 Å². The maximum atomic E-state index is 2.70. The summed E-state index contributed by atoms with van der Waals surface area (Å²) in [4.78, 5) is 5.32. The van der Waals surface area contributed by atoms with Crippen LogP contribution in [0.5, 0.6) is 0 Å². The highest BCUT2D eigenvalue weighted by Crippen LogP contribution is 2.30. The summed E-state index contributed by atoms with van der Waals surface area (Å²) in [5.41, 5.74) is 0. The van der Waals surface area contributed by atoms with E-state index in [-0.39, 0.29) is 0 Å². The van der Waals surface area contributed by atoms with Crippen LogP contribution < -0.4 is 0 Å². The van der Waals surface area contributed by atoms with E-state index < -0.39 is 0 Å². The molecule has 0 aromatic carbocycles. The summed E-state index contributed by atoms with van der Waals surface area (Å²) >= 11 is 0. The van der Waals surface area contributed by atoms with Crippen molar-refractivity contribution in [2.75, 3.05) is 32.7 Å². The minimum Gasteiger partial charge on any atom is -0.303 e. The maximum absolute atomic E-state index is 2.70. The van der Waals surface area contributed by atoms with Gasteiger partial charge in [0.1, 0.15) is 0 Å². The first-order valence-electron chi connectivity index (χ1n) is 8.97. The van der Waals surface area contributed by atoms with Crippen molar-refractivity contribution < 1.29 is 0 Å². The van der Waals surface area contributed by atoms with Crippen LogP contribution in [-0.2, 0) is 0 Å². The Bertz CT molecular complexity index is 283. The number of hydrogen-bond donors (Lipinski definition) is 0. The van der Waals surface area contributed by atoms with Crippen LogP contribution in [0.2, 0.25) is 0 Å². The first-order valence-corrected chi connectivity index (χ1v) is 8.97. The lowest BCUT2D eigenvalue weighted by atomic mass is 9.85. The van der Waals surface area contributed by atoms with Crippen LogP contribution in [0.1, 0.15) is 53.9 Å². The Morgan fingerprint density at radius 3 is 2.20 bits per heavy atom. The molecule has 3 unspecified atom stereocenters. The summed E-state index contributed by atoms with van der Waals surface area (Å²) in [5, 5.41) is 0. The molecule has 0 aromatic rings. The van der Waals surface area contributed by atoms with E-state index in [1.54, 1.807) is 0 Å². The Balaban J connectivity index is 1.63. The van der Waals surface area contributed by atoms with Gasteiger partial charge in [0.2, 0.25) is 0 Å². The molecule has 2 saturated heterocycles. The van der Waals surface area contributed by atoms with Gasteiger partial charge in [0.25, 0.3) is 0 Å². The number of nitrogens with zero attached hydrogens (tertiary/aromatic N) is 2. The fourth-order valence-corrected chi connectivity index (χ4v) is 3.87. The van der Waals surface area contributed by atoms with Crippen molar-refractivity contribution >= 4 is 0 Å². The summed E-state index contributed by atoms with van der Waals surface area (Å²) in [6.45, 7) is 18.6. The van der Waals surface area contributed by atoms with Gasteiger partial charge in [-0.2, -0.15) is 0 Å².